The number of anilines is 2. The highest BCUT2D eigenvalue weighted by Gasteiger charge is 2.45. The van der Waals surface area contributed by atoms with E-state index >= 15 is 0 Å². The minimum atomic E-state index is 0.0653. The van der Waals surface area contributed by atoms with Crippen LogP contribution in [0.5, 0.6) is 0 Å². The maximum Gasteiger partial charge on any atom is 0.421 e. The van der Waals surface area contributed by atoms with E-state index in [0.29, 0.717) is 0 Å². The molecule has 0 N–H and O–H groups in total. The van der Waals surface area contributed by atoms with E-state index in [1.165, 1.54) is 77.3 Å². The molecule has 184 valence electrons. The third-order valence-electron chi connectivity index (χ3n) is 9.05. The summed E-state index contributed by atoms with van der Waals surface area (Å²) in [6.45, 7) is 0.0653. The SMILES string of the molecule is c1ccc(-n2c3ccccc3c3ccc4c(c32)-c2ccccc2B2N4c3cccc4c5ccccc5n2c34)cc1. The summed E-state index contributed by atoms with van der Waals surface area (Å²) in [6, 6.07) is 49.0. The molecule has 0 atom stereocenters. The monoisotopic (exact) mass is 507 g/mol. The number of fused-ring (bicyclic) bond motifs is 15. The van der Waals surface area contributed by atoms with Crippen molar-refractivity contribution in [1.82, 2.24) is 9.05 Å². The molecule has 0 aliphatic carbocycles. The van der Waals surface area contributed by atoms with Crippen LogP contribution in [0.25, 0.3) is 60.4 Å². The van der Waals surface area contributed by atoms with E-state index in [0.717, 1.165) is 0 Å². The fourth-order valence-corrected chi connectivity index (χ4v) is 7.58. The summed E-state index contributed by atoms with van der Waals surface area (Å²) in [5.41, 5.74) is 12.8. The second-order valence-electron chi connectivity index (χ2n) is 10.9. The molecule has 6 aromatic carbocycles. The highest BCUT2D eigenvalue weighted by molar-refractivity contribution is 6.82. The molecule has 0 fully saturated rings. The van der Waals surface area contributed by atoms with Gasteiger partial charge >= 0.3 is 6.98 Å². The zero-order chi connectivity index (χ0) is 25.9. The van der Waals surface area contributed by atoms with E-state index in [1.54, 1.807) is 0 Å². The van der Waals surface area contributed by atoms with E-state index in [1.807, 2.05) is 0 Å². The zero-order valence-corrected chi connectivity index (χ0v) is 21.6. The van der Waals surface area contributed by atoms with Crippen molar-refractivity contribution in [2.45, 2.75) is 0 Å². The molecule has 0 spiro atoms. The van der Waals surface area contributed by atoms with Gasteiger partial charge in [-0.1, -0.05) is 97.1 Å². The molecule has 0 amide bonds. The Bertz CT molecular complexity index is 2340. The Labute approximate surface area is 231 Å². The summed E-state index contributed by atoms with van der Waals surface area (Å²) in [6.07, 6.45) is 0. The Hall–Kier alpha value is -5.22. The molecule has 4 heterocycles. The van der Waals surface area contributed by atoms with Gasteiger partial charge in [-0.25, -0.2) is 0 Å². The second kappa shape index (κ2) is 7.25. The normalized spacial score (nSPS) is 13.4. The third-order valence-corrected chi connectivity index (χ3v) is 9.05. The summed E-state index contributed by atoms with van der Waals surface area (Å²) >= 11 is 0. The standard InChI is InChI=1S/C36H22BN3/c1-2-11-23(12-3-1)38-30-18-8-5-13-24(30)27-21-22-32-34(36(27)38)28-15-4-7-17-29(28)37-39(32)33-20-10-16-26-25-14-6-9-19-31(25)40(37)35(26)33/h1-22H. The Morgan fingerprint density at radius 2 is 1.12 bits per heavy atom. The molecule has 10 rings (SSSR count). The van der Waals surface area contributed by atoms with Gasteiger partial charge in [0, 0.05) is 44.0 Å². The number of para-hydroxylation sites is 4. The lowest BCUT2D eigenvalue weighted by Gasteiger charge is -2.35. The molecular weight excluding hydrogens is 485 g/mol. The van der Waals surface area contributed by atoms with Crippen LogP contribution in [-0.4, -0.2) is 16.0 Å². The minimum absolute atomic E-state index is 0.0653. The zero-order valence-electron chi connectivity index (χ0n) is 21.6. The molecule has 0 saturated heterocycles. The molecule has 2 aromatic heterocycles. The second-order valence-corrected chi connectivity index (χ2v) is 10.9. The van der Waals surface area contributed by atoms with Gasteiger partial charge < -0.3 is 13.9 Å². The van der Waals surface area contributed by atoms with Crippen LogP contribution in [0.2, 0.25) is 0 Å². The first-order valence-corrected chi connectivity index (χ1v) is 13.9. The highest BCUT2D eigenvalue weighted by Crippen LogP contribution is 2.51. The molecule has 2 aliphatic rings. The lowest BCUT2D eigenvalue weighted by Crippen LogP contribution is -2.51. The molecule has 2 aliphatic heterocycles. The topological polar surface area (TPSA) is 13.1 Å². The predicted molar refractivity (Wildman–Crippen MR) is 169 cm³/mol. The lowest BCUT2D eigenvalue weighted by atomic mass is 9.60. The largest absolute Gasteiger partial charge is 0.421 e. The average molecular weight is 507 g/mol. The van der Waals surface area contributed by atoms with Crippen molar-refractivity contribution in [2.75, 3.05) is 4.81 Å². The van der Waals surface area contributed by atoms with Crippen molar-refractivity contribution < 1.29 is 0 Å². The van der Waals surface area contributed by atoms with E-state index in [-0.39, 0.29) is 6.98 Å². The van der Waals surface area contributed by atoms with Crippen molar-refractivity contribution in [3.63, 3.8) is 0 Å². The molecule has 0 saturated carbocycles. The first kappa shape index (κ1) is 20.7. The van der Waals surface area contributed by atoms with Gasteiger partial charge in [0.25, 0.3) is 0 Å². The molecule has 40 heavy (non-hydrogen) atoms. The molecular formula is C36H22BN3. The van der Waals surface area contributed by atoms with Gasteiger partial charge in [-0.3, -0.25) is 0 Å². The molecule has 0 bridgehead atoms. The van der Waals surface area contributed by atoms with Crippen LogP contribution in [0.4, 0.5) is 11.4 Å². The number of aromatic nitrogens is 2. The van der Waals surface area contributed by atoms with Crippen LogP contribution < -0.4 is 10.3 Å². The van der Waals surface area contributed by atoms with Crippen molar-refractivity contribution in [1.29, 1.82) is 0 Å². The van der Waals surface area contributed by atoms with Crippen LogP contribution >= 0.6 is 0 Å². The van der Waals surface area contributed by atoms with Gasteiger partial charge in [0.1, 0.15) is 0 Å². The molecule has 0 unspecified atom stereocenters. The molecule has 4 heteroatoms. The Kier molecular flexibility index (Phi) is 3.75. The Balaban J connectivity index is 1.41. The lowest BCUT2D eigenvalue weighted by molar-refractivity contribution is 1.18. The number of hydrogen-bond donors (Lipinski definition) is 0. The van der Waals surface area contributed by atoms with Crippen molar-refractivity contribution >= 4 is 67.4 Å². The Morgan fingerprint density at radius 1 is 0.450 bits per heavy atom. The van der Waals surface area contributed by atoms with Crippen LogP contribution in [0.15, 0.2) is 133 Å². The van der Waals surface area contributed by atoms with Crippen molar-refractivity contribution in [3.05, 3.63) is 133 Å². The summed E-state index contributed by atoms with van der Waals surface area (Å²) < 4.78 is 5.03. The fourth-order valence-electron chi connectivity index (χ4n) is 7.58. The van der Waals surface area contributed by atoms with Gasteiger partial charge in [-0.05, 0) is 47.4 Å². The van der Waals surface area contributed by atoms with Crippen LogP contribution in [0.3, 0.4) is 0 Å². The number of benzene rings is 6. The van der Waals surface area contributed by atoms with Gasteiger partial charge in [-0.2, -0.15) is 0 Å². The maximum atomic E-state index is 2.58. The van der Waals surface area contributed by atoms with Gasteiger partial charge in [-0.15, -0.1) is 0 Å². The number of hydrogen-bond acceptors (Lipinski definition) is 1. The summed E-state index contributed by atoms with van der Waals surface area (Å²) in [5, 5.41) is 5.21. The smallest absolute Gasteiger partial charge is 0.359 e. The van der Waals surface area contributed by atoms with E-state index < -0.39 is 0 Å². The number of rotatable bonds is 1. The molecule has 8 aromatic rings. The summed E-state index contributed by atoms with van der Waals surface area (Å²) in [4.78, 5) is 2.58. The first-order valence-electron chi connectivity index (χ1n) is 13.9. The minimum Gasteiger partial charge on any atom is -0.359 e. The fraction of sp³-hybridized carbons (Fsp3) is 0. The van der Waals surface area contributed by atoms with E-state index in [2.05, 4.69) is 147 Å². The maximum absolute atomic E-state index is 2.58. The summed E-state index contributed by atoms with van der Waals surface area (Å²) in [5.74, 6) is 0. The van der Waals surface area contributed by atoms with Crippen LogP contribution in [-0.2, 0) is 0 Å². The van der Waals surface area contributed by atoms with Gasteiger partial charge in [0.2, 0.25) is 0 Å². The van der Waals surface area contributed by atoms with E-state index in [4.69, 9.17) is 0 Å². The predicted octanol–water partition coefficient (Wildman–Crippen LogP) is 8.27. The van der Waals surface area contributed by atoms with Gasteiger partial charge in [0.15, 0.2) is 0 Å². The Morgan fingerprint density at radius 3 is 2.00 bits per heavy atom. The van der Waals surface area contributed by atoms with Crippen molar-refractivity contribution in [2.24, 2.45) is 0 Å². The molecule has 3 nitrogen and oxygen atoms in total. The third kappa shape index (κ3) is 2.35. The average Bonchev–Trinajstić information content (AvgIpc) is 3.67. The first-order chi connectivity index (χ1) is 19.9. The highest BCUT2D eigenvalue weighted by atomic mass is 15.2. The van der Waals surface area contributed by atoms with Crippen LogP contribution in [0, 0.1) is 0 Å². The van der Waals surface area contributed by atoms with E-state index in [9.17, 15) is 0 Å². The quantitative estimate of drug-likeness (QED) is 0.204. The summed E-state index contributed by atoms with van der Waals surface area (Å²) in [7, 11) is 0. The van der Waals surface area contributed by atoms with Gasteiger partial charge in [0.05, 0.1) is 22.2 Å². The van der Waals surface area contributed by atoms with Crippen molar-refractivity contribution in [3.8, 4) is 16.8 Å². The van der Waals surface area contributed by atoms with Crippen LogP contribution in [0.1, 0.15) is 0 Å². The molecule has 0 radical (unpaired) electrons. The number of nitrogens with zero attached hydrogens (tertiary/aromatic N) is 3.